The molecule has 0 unspecified atom stereocenters. The maximum Gasteiger partial charge on any atom is 0.434 e. The van der Waals surface area contributed by atoms with Gasteiger partial charge in [0.15, 0.2) is 5.69 Å². The van der Waals surface area contributed by atoms with E-state index in [0.29, 0.717) is 17.1 Å². The lowest BCUT2D eigenvalue weighted by Crippen LogP contribution is -2.30. The first-order valence-corrected chi connectivity index (χ1v) is 10.0. The smallest absolute Gasteiger partial charge is 0.338 e. The molecule has 9 nitrogen and oxygen atoms in total. The summed E-state index contributed by atoms with van der Waals surface area (Å²) in [4.78, 5) is 35.4. The summed E-state index contributed by atoms with van der Waals surface area (Å²) in [5.41, 5.74) is 1.58. The van der Waals surface area contributed by atoms with Gasteiger partial charge in [-0.05, 0) is 13.0 Å². The van der Waals surface area contributed by atoms with Gasteiger partial charge in [-0.15, -0.1) is 22.7 Å². The second-order valence-corrected chi connectivity index (χ2v) is 7.36. The predicted octanol–water partition coefficient (Wildman–Crippen LogP) is 3.09. The Hall–Kier alpha value is -3.10. The third-order valence-corrected chi connectivity index (χ3v) is 5.36. The van der Waals surface area contributed by atoms with E-state index in [9.17, 15) is 22.8 Å². The molecule has 0 aliphatic carbocycles. The van der Waals surface area contributed by atoms with Crippen molar-refractivity contribution in [3.05, 3.63) is 34.4 Å². The Morgan fingerprint density at radius 1 is 1.13 bits per heavy atom. The van der Waals surface area contributed by atoms with Crippen LogP contribution in [-0.4, -0.2) is 33.4 Å². The quantitative estimate of drug-likeness (QED) is 0.264. The van der Waals surface area contributed by atoms with Crippen LogP contribution < -0.4 is 21.9 Å². The van der Waals surface area contributed by atoms with Crippen LogP contribution in [0.2, 0.25) is 0 Å². The molecule has 0 aliphatic heterocycles. The van der Waals surface area contributed by atoms with Gasteiger partial charge in [0, 0.05) is 34.6 Å². The van der Waals surface area contributed by atoms with E-state index in [-0.39, 0.29) is 22.1 Å². The summed E-state index contributed by atoms with van der Waals surface area (Å²) < 4.78 is 39.0. The average Bonchev–Trinajstić information content (AvgIpc) is 3.37. The Labute approximate surface area is 175 Å². The number of carbonyl (C=O) groups excluding carboxylic acids is 2. The van der Waals surface area contributed by atoms with Crippen LogP contribution in [0.3, 0.4) is 0 Å². The summed E-state index contributed by atoms with van der Waals surface area (Å²) in [5, 5.41) is 7.75. The van der Waals surface area contributed by atoms with Crippen LogP contribution in [0.15, 0.2) is 23.0 Å². The standard InChI is InChI=1S/C16H14F3N7O2S2/c1-2-21-15(28)25-11-3-7(13-24-10(6-30-13)16(17,18)19)8(4-22-11)14-23-9(5-29-14)12(27)26-20/h3-6H,2,20H2,1H3,(H,26,27)(H2,21,22,25,28). The van der Waals surface area contributed by atoms with Gasteiger partial charge in [0.2, 0.25) is 0 Å². The first-order chi connectivity index (χ1) is 14.2. The lowest BCUT2D eigenvalue weighted by molar-refractivity contribution is -0.140. The Morgan fingerprint density at radius 3 is 2.47 bits per heavy atom. The van der Waals surface area contributed by atoms with Gasteiger partial charge in [0.05, 0.1) is 0 Å². The fourth-order valence-electron chi connectivity index (χ4n) is 2.30. The molecule has 0 aromatic carbocycles. The van der Waals surface area contributed by atoms with Crippen LogP contribution in [0.4, 0.5) is 23.8 Å². The van der Waals surface area contributed by atoms with Crippen LogP contribution in [-0.2, 0) is 6.18 Å². The zero-order valence-corrected chi connectivity index (χ0v) is 16.8. The molecule has 0 radical (unpaired) electrons. The summed E-state index contributed by atoms with van der Waals surface area (Å²) in [6.45, 7) is 2.11. The Morgan fingerprint density at radius 2 is 1.83 bits per heavy atom. The number of hydrogen-bond acceptors (Lipinski definition) is 8. The maximum absolute atomic E-state index is 13.0. The Bertz CT molecular complexity index is 1080. The number of hydrogen-bond donors (Lipinski definition) is 4. The van der Waals surface area contributed by atoms with Gasteiger partial charge in [-0.3, -0.25) is 15.5 Å². The van der Waals surface area contributed by atoms with Crippen molar-refractivity contribution in [3.8, 4) is 21.1 Å². The summed E-state index contributed by atoms with van der Waals surface area (Å²) in [5.74, 6) is 4.59. The van der Waals surface area contributed by atoms with Crippen molar-refractivity contribution in [1.82, 2.24) is 25.7 Å². The highest BCUT2D eigenvalue weighted by Crippen LogP contribution is 2.39. The molecule has 5 N–H and O–H groups in total. The van der Waals surface area contributed by atoms with Crippen molar-refractivity contribution >= 4 is 40.4 Å². The van der Waals surface area contributed by atoms with Crippen LogP contribution >= 0.6 is 22.7 Å². The van der Waals surface area contributed by atoms with Gasteiger partial charge < -0.3 is 5.32 Å². The molecule has 0 aliphatic rings. The van der Waals surface area contributed by atoms with Crippen LogP contribution in [0.25, 0.3) is 21.1 Å². The fourth-order valence-corrected chi connectivity index (χ4v) is 3.98. The van der Waals surface area contributed by atoms with Gasteiger partial charge in [0.1, 0.15) is 21.5 Å². The van der Waals surface area contributed by atoms with Crippen molar-refractivity contribution in [2.24, 2.45) is 5.84 Å². The molecular formula is C16H14F3N7O2S2. The summed E-state index contributed by atoms with van der Waals surface area (Å²) in [7, 11) is 0. The van der Waals surface area contributed by atoms with Gasteiger partial charge in [0.25, 0.3) is 5.91 Å². The zero-order valence-electron chi connectivity index (χ0n) is 15.2. The molecule has 30 heavy (non-hydrogen) atoms. The van der Waals surface area contributed by atoms with Gasteiger partial charge in [-0.1, -0.05) is 0 Å². The number of aromatic nitrogens is 3. The number of alkyl halides is 3. The van der Waals surface area contributed by atoms with Gasteiger partial charge in [-0.2, -0.15) is 13.2 Å². The number of carbonyl (C=O) groups is 2. The minimum atomic E-state index is -4.60. The van der Waals surface area contributed by atoms with E-state index in [4.69, 9.17) is 5.84 Å². The number of nitrogens with zero attached hydrogens (tertiary/aromatic N) is 3. The van der Waals surface area contributed by atoms with Crippen molar-refractivity contribution < 1.29 is 22.8 Å². The molecule has 14 heteroatoms. The van der Waals surface area contributed by atoms with Gasteiger partial charge in [-0.25, -0.2) is 25.6 Å². The Balaban J connectivity index is 2.07. The molecule has 158 valence electrons. The number of anilines is 1. The number of pyridine rings is 1. The number of rotatable bonds is 5. The Kier molecular flexibility index (Phi) is 6.28. The van der Waals surface area contributed by atoms with E-state index in [1.54, 1.807) is 6.92 Å². The lowest BCUT2D eigenvalue weighted by atomic mass is 10.1. The molecule has 3 aromatic rings. The molecule has 3 amide bonds. The summed E-state index contributed by atoms with van der Waals surface area (Å²) >= 11 is 1.87. The third kappa shape index (κ3) is 4.72. The minimum Gasteiger partial charge on any atom is -0.338 e. The fraction of sp³-hybridized carbons (Fsp3) is 0.188. The van der Waals surface area contributed by atoms with E-state index in [2.05, 4.69) is 25.6 Å². The number of halogens is 3. The largest absolute Gasteiger partial charge is 0.434 e. The van der Waals surface area contributed by atoms with E-state index >= 15 is 0 Å². The second-order valence-electron chi connectivity index (χ2n) is 5.65. The molecule has 0 spiro atoms. The third-order valence-electron chi connectivity index (χ3n) is 3.61. The summed E-state index contributed by atoms with van der Waals surface area (Å²) in [6.07, 6.45) is -3.26. The molecule has 0 atom stereocenters. The number of nitrogens with two attached hydrogens (primary N) is 1. The van der Waals surface area contributed by atoms with Crippen LogP contribution in [0.5, 0.6) is 0 Å². The molecule has 0 bridgehead atoms. The van der Waals surface area contributed by atoms with Crippen molar-refractivity contribution in [2.75, 3.05) is 11.9 Å². The predicted molar refractivity (Wildman–Crippen MR) is 106 cm³/mol. The van der Waals surface area contributed by atoms with E-state index in [1.165, 1.54) is 17.6 Å². The zero-order chi connectivity index (χ0) is 21.9. The molecule has 3 rings (SSSR count). The van der Waals surface area contributed by atoms with E-state index < -0.39 is 23.8 Å². The number of hydrazine groups is 1. The number of urea groups is 1. The number of amides is 3. The van der Waals surface area contributed by atoms with E-state index in [0.717, 1.165) is 28.1 Å². The topological polar surface area (TPSA) is 135 Å². The highest BCUT2D eigenvalue weighted by atomic mass is 32.1. The van der Waals surface area contributed by atoms with Crippen molar-refractivity contribution in [1.29, 1.82) is 0 Å². The SMILES string of the molecule is CCNC(=O)Nc1cc(-c2nc(C(F)(F)F)cs2)c(-c2nc(C(=O)NN)cs2)cn1. The molecule has 0 saturated carbocycles. The first kappa shape index (κ1) is 21.6. The number of thiazole rings is 2. The average molecular weight is 457 g/mol. The second kappa shape index (κ2) is 8.73. The first-order valence-electron chi connectivity index (χ1n) is 8.27. The molecule has 3 heterocycles. The highest BCUT2D eigenvalue weighted by Gasteiger charge is 2.34. The molecule has 3 aromatic heterocycles. The van der Waals surface area contributed by atoms with E-state index in [1.807, 2.05) is 5.43 Å². The maximum atomic E-state index is 13.0. The molecule has 0 fully saturated rings. The normalized spacial score (nSPS) is 11.2. The van der Waals surface area contributed by atoms with Crippen molar-refractivity contribution in [2.45, 2.75) is 13.1 Å². The molecule has 0 saturated heterocycles. The van der Waals surface area contributed by atoms with Gasteiger partial charge >= 0.3 is 12.2 Å². The number of nitrogens with one attached hydrogen (secondary N) is 3. The van der Waals surface area contributed by atoms with Crippen LogP contribution in [0.1, 0.15) is 23.1 Å². The highest BCUT2D eigenvalue weighted by molar-refractivity contribution is 7.14. The number of nitrogen functional groups attached to an aromatic ring is 1. The summed E-state index contributed by atoms with van der Waals surface area (Å²) in [6, 6.07) is 0.878. The van der Waals surface area contributed by atoms with Crippen molar-refractivity contribution in [3.63, 3.8) is 0 Å². The monoisotopic (exact) mass is 457 g/mol. The molecular weight excluding hydrogens is 443 g/mol. The lowest BCUT2D eigenvalue weighted by Gasteiger charge is -2.09. The minimum absolute atomic E-state index is 0.0445. The van der Waals surface area contributed by atoms with Crippen LogP contribution in [0, 0.1) is 0 Å².